The molecule has 2 radical (unpaired) electrons. The predicted octanol–water partition coefficient (Wildman–Crippen LogP) is 2.85. The van der Waals surface area contributed by atoms with Crippen LogP contribution in [-0.2, 0) is 0 Å². The monoisotopic (exact) mass is 335 g/mol. The van der Waals surface area contributed by atoms with Gasteiger partial charge in [-0.05, 0) is 30.3 Å². The minimum Gasteiger partial charge on any atom is -0.508 e. The van der Waals surface area contributed by atoms with Gasteiger partial charge in [-0.3, -0.25) is 4.79 Å². The molecule has 0 aliphatic heterocycles. The molecule has 2 rings (SSSR count). The molecule has 3 nitrogen and oxygen atoms in total. The second-order valence-electron chi connectivity index (χ2n) is 3.85. The van der Waals surface area contributed by atoms with Gasteiger partial charge in [-0.2, -0.15) is 0 Å². The second-order valence-corrected chi connectivity index (χ2v) is 5.20. The maximum absolute atomic E-state index is 12.0. The van der Waals surface area contributed by atoms with Crippen LogP contribution in [0.2, 0.25) is 5.02 Å². The lowest BCUT2D eigenvalue weighted by Crippen LogP contribution is -2.16. The largest absolute Gasteiger partial charge is 0.508 e. The first-order valence-corrected chi connectivity index (χ1v) is 6.49. The number of halogens is 2. The van der Waals surface area contributed by atoms with Gasteiger partial charge < -0.3 is 10.4 Å². The fourth-order valence-electron chi connectivity index (χ4n) is 1.53. The third-order valence-electron chi connectivity index (χ3n) is 2.45. The zero-order chi connectivity index (χ0) is 14.0. The molecule has 6 heteroatoms. The Morgan fingerprint density at radius 1 is 1.26 bits per heavy atom. The van der Waals surface area contributed by atoms with Crippen molar-refractivity contribution in [1.29, 1.82) is 0 Å². The van der Waals surface area contributed by atoms with E-state index in [9.17, 15) is 9.90 Å². The van der Waals surface area contributed by atoms with Crippen LogP contribution in [0.25, 0.3) is 0 Å². The number of phenolic OH excluding ortho intramolecular Hbond substituents is 1. The first-order chi connectivity index (χ1) is 8.97. The van der Waals surface area contributed by atoms with E-state index in [4.69, 9.17) is 19.4 Å². The Balaban J connectivity index is 2.27. The Morgan fingerprint density at radius 2 is 1.89 bits per heavy atom. The van der Waals surface area contributed by atoms with Crippen molar-refractivity contribution in [2.45, 2.75) is 0 Å². The Bertz CT molecular complexity index is 631. The van der Waals surface area contributed by atoms with Gasteiger partial charge >= 0.3 is 0 Å². The van der Waals surface area contributed by atoms with Crippen LogP contribution < -0.4 is 10.8 Å². The SMILES string of the molecule is [B]c1cc(Br)cc(C(=O)Nc2ccc(Cl)cc2)c1O. The average Bonchev–Trinajstić information content (AvgIpc) is 2.36. The van der Waals surface area contributed by atoms with Gasteiger partial charge in [-0.15, -0.1) is 0 Å². The van der Waals surface area contributed by atoms with Crippen LogP contribution >= 0.6 is 27.5 Å². The number of aromatic hydroxyl groups is 1. The summed E-state index contributed by atoms with van der Waals surface area (Å²) in [5, 5.41) is 13.0. The van der Waals surface area contributed by atoms with Gasteiger partial charge in [-0.25, -0.2) is 0 Å². The van der Waals surface area contributed by atoms with Crippen molar-refractivity contribution in [3.05, 3.63) is 51.5 Å². The van der Waals surface area contributed by atoms with E-state index in [1.54, 1.807) is 24.3 Å². The molecule has 0 aromatic heterocycles. The normalized spacial score (nSPS) is 10.2. The lowest BCUT2D eigenvalue weighted by molar-refractivity contribution is 0.102. The van der Waals surface area contributed by atoms with Gasteiger partial charge in [0.25, 0.3) is 5.91 Å². The summed E-state index contributed by atoms with van der Waals surface area (Å²) < 4.78 is 0.615. The number of benzene rings is 2. The summed E-state index contributed by atoms with van der Waals surface area (Å²) in [6, 6.07) is 9.67. The molecule has 0 aliphatic carbocycles. The molecular formula is C13H8BBrClNO2. The van der Waals surface area contributed by atoms with Gasteiger partial charge in [0.2, 0.25) is 0 Å². The lowest BCUT2D eigenvalue weighted by atomic mass is 9.92. The van der Waals surface area contributed by atoms with Crippen molar-refractivity contribution >= 4 is 52.4 Å². The van der Waals surface area contributed by atoms with Crippen molar-refractivity contribution in [2.75, 3.05) is 5.32 Å². The average molecular weight is 336 g/mol. The predicted molar refractivity (Wildman–Crippen MR) is 80.6 cm³/mol. The maximum Gasteiger partial charge on any atom is 0.259 e. The molecule has 1 amide bonds. The minimum absolute atomic E-state index is 0.0989. The third-order valence-corrected chi connectivity index (χ3v) is 3.16. The highest BCUT2D eigenvalue weighted by molar-refractivity contribution is 9.10. The van der Waals surface area contributed by atoms with Crippen LogP contribution in [0.3, 0.4) is 0 Å². The van der Waals surface area contributed by atoms with E-state index in [2.05, 4.69) is 21.2 Å². The van der Waals surface area contributed by atoms with Gasteiger partial charge in [0, 0.05) is 15.2 Å². The van der Waals surface area contributed by atoms with Gasteiger partial charge in [-0.1, -0.05) is 39.1 Å². The summed E-state index contributed by atoms with van der Waals surface area (Å²) in [6.45, 7) is 0. The number of rotatable bonds is 2. The summed E-state index contributed by atoms with van der Waals surface area (Å²) >= 11 is 8.98. The van der Waals surface area contributed by atoms with E-state index in [1.165, 1.54) is 12.1 Å². The first-order valence-electron chi connectivity index (χ1n) is 5.32. The third kappa shape index (κ3) is 3.30. The van der Waals surface area contributed by atoms with E-state index in [0.29, 0.717) is 15.2 Å². The van der Waals surface area contributed by atoms with Crippen molar-refractivity contribution < 1.29 is 9.90 Å². The molecule has 2 N–H and O–H groups in total. The van der Waals surface area contributed by atoms with Crippen LogP contribution in [0.4, 0.5) is 5.69 Å². The molecular weight excluding hydrogens is 328 g/mol. The summed E-state index contributed by atoms with van der Waals surface area (Å²) in [4.78, 5) is 12.0. The van der Waals surface area contributed by atoms with Crippen LogP contribution in [0.1, 0.15) is 10.4 Å². The minimum atomic E-state index is -0.451. The number of amides is 1. The zero-order valence-electron chi connectivity index (χ0n) is 9.65. The number of carbonyl (C=O) groups is 1. The van der Waals surface area contributed by atoms with Crippen LogP contribution in [0, 0.1) is 0 Å². The Labute approximate surface area is 125 Å². The molecule has 0 aliphatic rings. The van der Waals surface area contributed by atoms with Gasteiger partial charge in [0.15, 0.2) is 0 Å². The van der Waals surface area contributed by atoms with E-state index < -0.39 is 5.91 Å². The highest BCUT2D eigenvalue weighted by atomic mass is 79.9. The van der Waals surface area contributed by atoms with E-state index in [1.807, 2.05) is 0 Å². The Kier molecular flexibility index (Phi) is 4.17. The van der Waals surface area contributed by atoms with Gasteiger partial charge in [0.05, 0.1) is 5.56 Å². The Morgan fingerprint density at radius 3 is 2.53 bits per heavy atom. The summed E-state index contributed by atoms with van der Waals surface area (Å²) in [7, 11) is 5.60. The molecule has 0 atom stereocenters. The molecule has 0 bridgehead atoms. The van der Waals surface area contributed by atoms with Crippen molar-refractivity contribution in [3.63, 3.8) is 0 Å². The number of phenols is 1. The topological polar surface area (TPSA) is 49.3 Å². The Hall–Kier alpha value is -1.46. The molecule has 0 saturated carbocycles. The van der Waals surface area contributed by atoms with Crippen molar-refractivity contribution in [2.24, 2.45) is 0 Å². The second kappa shape index (κ2) is 5.67. The fraction of sp³-hybridized carbons (Fsp3) is 0. The van der Waals surface area contributed by atoms with E-state index in [-0.39, 0.29) is 16.8 Å². The molecule has 0 saturated heterocycles. The van der Waals surface area contributed by atoms with Crippen LogP contribution in [0.15, 0.2) is 40.9 Å². The smallest absolute Gasteiger partial charge is 0.259 e. The molecule has 2 aromatic carbocycles. The van der Waals surface area contributed by atoms with E-state index >= 15 is 0 Å². The maximum atomic E-state index is 12.0. The molecule has 0 spiro atoms. The standard InChI is InChI=1S/C13H8BBrClNO2/c14-11-6-7(15)5-10(12(11)18)13(19)17-9-3-1-8(16)2-4-9/h1-6,18H,(H,17,19). The van der Waals surface area contributed by atoms with Crippen molar-refractivity contribution in [1.82, 2.24) is 0 Å². The van der Waals surface area contributed by atoms with Crippen LogP contribution in [0.5, 0.6) is 5.75 Å². The molecule has 94 valence electrons. The lowest BCUT2D eigenvalue weighted by Gasteiger charge is -2.09. The number of hydrogen-bond donors (Lipinski definition) is 2. The van der Waals surface area contributed by atoms with E-state index in [0.717, 1.165) is 0 Å². The molecule has 0 fully saturated rings. The van der Waals surface area contributed by atoms with Crippen LogP contribution in [-0.4, -0.2) is 18.9 Å². The number of hydrogen-bond acceptors (Lipinski definition) is 2. The number of nitrogens with one attached hydrogen (secondary N) is 1. The molecule has 0 unspecified atom stereocenters. The summed E-state index contributed by atoms with van der Waals surface area (Å²) in [6.07, 6.45) is 0. The molecule has 0 heterocycles. The quantitative estimate of drug-likeness (QED) is 0.829. The summed E-state index contributed by atoms with van der Waals surface area (Å²) in [5.41, 5.74) is 0.810. The number of carbonyl (C=O) groups excluding carboxylic acids is 1. The first kappa shape index (κ1) is 14.0. The summed E-state index contributed by atoms with van der Waals surface area (Å²) in [5.74, 6) is -0.692. The van der Waals surface area contributed by atoms with Gasteiger partial charge in [0.1, 0.15) is 13.6 Å². The molecule has 19 heavy (non-hydrogen) atoms. The fourth-order valence-corrected chi connectivity index (χ4v) is 2.13. The van der Waals surface area contributed by atoms with Crippen molar-refractivity contribution in [3.8, 4) is 5.75 Å². The number of anilines is 1. The highest BCUT2D eigenvalue weighted by Gasteiger charge is 2.14. The highest BCUT2D eigenvalue weighted by Crippen LogP contribution is 2.21. The zero-order valence-corrected chi connectivity index (χ0v) is 12.0. The molecule has 2 aromatic rings.